The van der Waals surface area contributed by atoms with Gasteiger partial charge in [0.25, 0.3) is 0 Å². The van der Waals surface area contributed by atoms with Gasteiger partial charge in [0.2, 0.25) is 5.88 Å². The third-order valence-corrected chi connectivity index (χ3v) is 4.43. The highest BCUT2D eigenvalue weighted by Gasteiger charge is 2.30. The van der Waals surface area contributed by atoms with E-state index in [0.29, 0.717) is 23.0 Å². The lowest BCUT2D eigenvalue weighted by atomic mass is 10.2. The molecule has 0 aliphatic rings. The van der Waals surface area contributed by atoms with Crippen molar-refractivity contribution in [2.75, 3.05) is 10.6 Å². The number of hydrogen-bond donors (Lipinski definition) is 2. The summed E-state index contributed by atoms with van der Waals surface area (Å²) in [6.07, 6.45) is 0.415. The van der Waals surface area contributed by atoms with Crippen molar-refractivity contribution >= 4 is 17.4 Å². The SMILES string of the molecule is Cn1cc(-c2cc(Oc3cccc(NC(=O)Nc4ccc(C(F)(F)F)cc4)c3)ncn2)cn1. The molecule has 0 saturated carbocycles. The zero-order valence-electron chi connectivity index (χ0n) is 17.2. The number of carbonyl (C=O) groups excluding carboxylic acids is 1. The number of carbonyl (C=O) groups is 1. The Balaban J connectivity index is 1.40. The molecule has 0 spiro atoms. The second-order valence-corrected chi connectivity index (χ2v) is 6.93. The van der Waals surface area contributed by atoms with Gasteiger partial charge in [0.15, 0.2) is 0 Å². The summed E-state index contributed by atoms with van der Waals surface area (Å²) in [4.78, 5) is 20.5. The Kier molecular flexibility index (Phi) is 5.94. The summed E-state index contributed by atoms with van der Waals surface area (Å²) < 4.78 is 45.4. The van der Waals surface area contributed by atoms with E-state index in [-0.39, 0.29) is 5.69 Å². The van der Waals surface area contributed by atoms with Crippen molar-refractivity contribution in [2.45, 2.75) is 6.18 Å². The van der Waals surface area contributed by atoms with Crippen LogP contribution in [0.25, 0.3) is 11.3 Å². The van der Waals surface area contributed by atoms with Gasteiger partial charge in [0, 0.05) is 42.3 Å². The number of halogens is 3. The number of nitrogens with zero attached hydrogens (tertiary/aromatic N) is 4. The summed E-state index contributed by atoms with van der Waals surface area (Å²) in [5.41, 5.74) is 1.28. The molecule has 0 bridgehead atoms. The van der Waals surface area contributed by atoms with Gasteiger partial charge < -0.3 is 15.4 Å². The molecule has 168 valence electrons. The molecule has 2 amide bonds. The zero-order chi connectivity index (χ0) is 23.4. The fraction of sp³-hybridized carbons (Fsp3) is 0.0909. The van der Waals surface area contributed by atoms with Gasteiger partial charge in [-0.3, -0.25) is 4.68 Å². The molecule has 33 heavy (non-hydrogen) atoms. The summed E-state index contributed by atoms with van der Waals surface area (Å²) >= 11 is 0. The number of ether oxygens (including phenoxy) is 1. The molecule has 2 aromatic heterocycles. The molecule has 0 aliphatic carbocycles. The minimum atomic E-state index is -4.44. The quantitative estimate of drug-likeness (QED) is 0.425. The Hall–Kier alpha value is -4.41. The third kappa shape index (κ3) is 5.64. The zero-order valence-corrected chi connectivity index (χ0v) is 17.2. The first-order valence-electron chi connectivity index (χ1n) is 9.60. The number of aryl methyl sites for hydroxylation is 1. The molecule has 0 unspecified atom stereocenters. The highest BCUT2D eigenvalue weighted by atomic mass is 19.4. The monoisotopic (exact) mass is 454 g/mol. The largest absolute Gasteiger partial charge is 0.439 e. The van der Waals surface area contributed by atoms with Crippen LogP contribution in [0.3, 0.4) is 0 Å². The van der Waals surface area contributed by atoms with Crippen molar-refractivity contribution in [1.29, 1.82) is 0 Å². The van der Waals surface area contributed by atoms with Gasteiger partial charge in [-0.15, -0.1) is 0 Å². The Labute approximate surface area is 186 Å². The van der Waals surface area contributed by atoms with Crippen molar-refractivity contribution in [2.24, 2.45) is 7.05 Å². The fourth-order valence-corrected chi connectivity index (χ4v) is 2.90. The van der Waals surface area contributed by atoms with Crippen LogP contribution >= 0.6 is 0 Å². The molecule has 8 nitrogen and oxygen atoms in total. The van der Waals surface area contributed by atoms with Gasteiger partial charge in [-0.2, -0.15) is 18.3 Å². The number of hydrogen-bond acceptors (Lipinski definition) is 5. The summed E-state index contributed by atoms with van der Waals surface area (Å²) in [6, 6.07) is 11.8. The van der Waals surface area contributed by atoms with Crippen LogP contribution in [0.5, 0.6) is 11.6 Å². The molecule has 0 aliphatic heterocycles. The Morgan fingerprint density at radius 3 is 2.45 bits per heavy atom. The van der Waals surface area contributed by atoms with Gasteiger partial charge in [-0.1, -0.05) is 6.07 Å². The number of anilines is 2. The van der Waals surface area contributed by atoms with E-state index in [4.69, 9.17) is 4.74 Å². The van der Waals surface area contributed by atoms with Crippen LogP contribution in [-0.2, 0) is 13.2 Å². The molecule has 11 heteroatoms. The maximum Gasteiger partial charge on any atom is 0.416 e. The van der Waals surface area contributed by atoms with Crippen LogP contribution in [0.2, 0.25) is 0 Å². The van der Waals surface area contributed by atoms with Crippen molar-refractivity contribution in [3.63, 3.8) is 0 Å². The van der Waals surface area contributed by atoms with Gasteiger partial charge in [0.1, 0.15) is 12.1 Å². The lowest BCUT2D eigenvalue weighted by Crippen LogP contribution is -2.19. The van der Waals surface area contributed by atoms with Gasteiger partial charge >= 0.3 is 12.2 Å². The smallest absolute Gasteiger partial charge is 0.416 e. The van der Waals surface area contributed by atoms with E-state index in [9.17, 15) is 18.0 Å². The van der Waals surface area contributed by atoms with Crippen LogP contribution < -0.4 is 15.4 Å². The van der Waals surface area contributed by atoms with E-state index in [2.05, 4.69) is 25.7 Å². The molecule has 0 saturated heterocycles. The van der Waals surface area contributed by atoms with Crippen LogP contribution in [0, 0.1) is 0 Å². The molecule has 2 heterocycles. The molecule has 4 aromatic rings. The average Bonchev–Trinajstić information content (AvgIpc) is 3.20. The summed E-state index contributed by atoms with van der Waals surface area (Å²) in [6.45, 7) is 0. The average molecular weight is 454 g/mol. The van der Waals surface area contributed by atoms with E-state index >= 15 is 0 Å². The number of nitrogens with one attached hydrogen (secondary N) is 2. The lowest BCUT2D eigenvalue weighted by Gasteiger charge is -2.11. The highest BCUT2D eigenvalue weighted by molar-refractivity contribution is 5.99. The Bertz CT molecular complexity index is 1270. The molecular weight excluding hydrogens is 437 g/mol. The van der Waals surface area contributed by atoms with E-state index < -0.39 is 17.8 Å². The fourth-order valence-electron chi connectivity index (χ4n) is 2.90. The predicted molar refractivity (Wildman–Crippen MR) is 115 cm³/mol. The van der Waals surface area contributed by atoms with Crippen LogP contribution in [-0.4, -0.2) is 25.8 Å². The maximum atomic E-state index is 12.6. The number of urea groups is 1. The molecule has 2 aromatic carbocycles. The maximum absolute atomic E-state index is 12.6. The highest BCUT2D eigenvalue weighted by Crippen LogP contribution is 2.30. The van der Waals surface area contributed by atoms with Gasteiger partial charge in [0.05, 0.1) is 17.5 Å². The standard InChI is InChI=1S/C22H17F3N6O2/c1-31-12-14(11-28-31)19-10-20(27-13-26-19)33-18-4-2-3-17(9-18)30-21(32)29-16-7-5-15(6-8-16)22(23,24)25/h2-13H,1H3,(H2,29,30,32). The molecule has 2 N–H and O–H groups in total. The van der Waals surface area contributed by atoms with E-state index in [1.807, 2.05) is 6.20 Å². The van der Waals surface area contributed by atoms with Crippen LogP contribution in [0.4, 0.5) is 29.3 Å². The second kappa shape index (κ2) is 8.99. The van der Waals surface area contributed by atoms with Crippen molar-refractivity contribution in [3.05, 3.63) is 78.9 Å². The minimum Gasteiger partial charge on any atom is -0.439 e. The van der Waals surface area contributed by atoms with Crippen LogP contribution in [0.1, 0.15) is 5.56 Å². The minimum absolute atomic E-state index is 0.219. The van der Waals surface area contributed by atoms with Crippen LogP contribution in [0.15, 0.2) is 73.3 Å². The number of aromatic nitrogens is 4. The third-order valence-electron chi connectivity index (χ3n) is 4.43. The second-order valence-electron chi connectivity index (χ2n) is 6.93. The number of amides is 2. The normalized spacial score (nSPS) is 11.2. The number of alkyl halides is 3. The van der Waals surface area contributed by atoms with Crippen molar-refractivity contribution in [1.82, 2.24) is 19.7 Å². The first-order chi connectivity index (χ1) is 15.8. The summed E-state index contributed by atoms with van der Waals surface area (Å²) in [5.74, 6) is 0.716. The van der Waals surface area contributed by atoms with Crippen molar-refractivity contribution in [3.8, 4) is 22.9 Å². The molecule has 0 atom stereocenters. The van der Waals surface area contributed by atoms with E-state index in [1.165, 1.54) is 18.5 Å². The molecule has 0 radical (unpaired) electrons. The molecular formula is C22H17F3N6O2. The first-order valence-corrected chi connectivity index (χ1v) is 9.60. The topological polar surface area (TPSA) is 94.0 Å². The molecule has 0 fully saturated rings. The molecule has 4 rings (SSSR count). The van der Waals surface area contributed by atoms with E-state index in [1.54, 1.807) is 48.3 Å². The predicted octanol–water partition coefficient (Wildman–Crippen LogP) is 5.33. The number of benzene rings is 2. The summed E-state index contributed by atoms with van der Waals surface area (Å²) in [7, 11) is 1.80. The Morgan fingerprint density at radius 2 is 1.76 bits per heavy atom. The summed E-state index contributed by atoms with van der Waals surface area (Å²) in [5, 5.41) is 9.19. The van der Waals surface area contributed by atoms with Gasteiger partial charge in [-0.05, 0) is 36.4 Å². The Morgan fingerprint density at radius 1 is 1.00 bits per heavy atom. The van der Waals surface area contributed by atoms with E-state index in [0.717, 1.165) is 17.7 Å². The first kappa shape index (κ1) is 21.8. The lowest BCUT2D eigenvalue weighted by molar-refractivity contribution is -0.137. The van der Waals surface area contributed by atoms with Gasteiger partial charge in [-0.25, -0.2) is 14.8 Å². The van der Waals surface area contributed by atoms with Crippen molar-refractivity contribution < 1.29 is 22.7 Å². The number of rotatable bonds is 5.